The number of para-hydroxylation sites is 2. The fourth-order valence-corrected chi connectivity index (χ4v) is 2.97. The first kappa shape index (κ1) is 16.1. The molecule has 1 aromatic carbocycles. The van der Waals surface area contributed by atoms with E-state index >= 15 is 0 Å². The summed E-state index contributed by atoms with van der Waals surface area (Å²) in [5, 5.41) is 6.24. The number of hydrogen-bond donors (Lipinski definition) is 2. The van der Waals surface area contributed by atoms with Gasteiger partial charge in [0, 0.05) is 6.54 Å². The topological polar surface area (TPSA) is 50.4 Å². The minimum atomic E-state index is 0. The quantitative estimate of drug-likeness (QED) is 0.899. The van der Waals surface area contributed by atoms with Crippen molar-refractivity contribution in [2.45, 2.75) is 38.2 Å². The molecule has 1 heterocycles. The molecule has 1 unspecified atom stereocenters. The zero-order chi connectivity index (χ0) is 13.8. The van der Waals surface area contributed by atoms with Crippen LogP contribution in [0.3, 0.4) is 0 Å². The SMILES string of the molecule is Cl.O=C(Nc1ccccc1OC1CCCC1)C1CCNC1. The summed E-state index contributed by atoms with van der Waals surface area (Å²) >= 11 is 0. The van der Waals surface area contributed by atoms with E-state index in [2.05, 4.69) is 10.6 Å². The molecule has 1 aliphatic heterocycles. The smallest absolute Gasteiger partial charge is 0.228 e. The van der Waals surface area contributed by atoms with Crippen LogP contribution in [-0.2, 0) is 4.79 Å². The van der Waals surface area contributed by atoms with Crippen LogP contribution in [0.2, 0.25) is 0 Å². The lowest BCUT2D eigenvalue weighted by Gasteiger charge is -2.18. The van der Waals surface area contributed by atoms with E-state index in [4.69, 9.17) is 4.74 Å². The highest BCUT2D eigenvalue weighted by atomic mass is 35.5. The van der Waals surface area contributed by atoms with Gasteiger partial charge in [0.15, 0.2) is 0 Å². The Hall–Kier alpha value is -1.26. The number of hydrogen-bond acceptors (Lipinski definition) is 3. The molecule has 3 rings (SSSR count). The highest BCUT2D eigenvalue weighted by Crippen LogP contribution is 2.30. The van der Waals surface area contributed by atoms with E-state index in [9.17, 15) is 4.79 Å². The van der Waals surface area contributed by atoms with Gasteiger partial charge in [0.2, 0.25) is 5.91 Å². The maximum atomic E-state index is 12.2. The molecular formula is C16H23ClN2O2. The Labute approximate surface area is 132 Å². The maximum Gasteiger partial charge on any atom is 0.228 e. The summed E-state index contributed by atoms with van der Waals surface area (Å²) in [4.78, 5) is 12.2. The third-order valence-corrected chi connectivity index (χ3v) is 4.17. The third-order valence-electron chi connectivity index (χ3n) is 4.17. The van der Waals surface area contributed by atoms with Crippen LogP contribution in [-0.4, -0.2) is 25.1 Å². The zero-order valence-electron chi connectivity index (χ0n) is 12.1. The first-order valence-electron chi connectivity index (χ1n) is 7.60. The molecule has 5 heteroatoms. The Morgan fingerprint density at radius 2 is 1.95 bits per heavy atom. The Bertz CT molecular complexity index is 469. The van der Waals surface area contributed by atoms with Gasteiger partial charge in [0.25, 0.3) is 0 Å². The molecule has 1 saturated carbocycles. The second kappa shape index (κ2) is 7.66. The third kappa shape index (κ3) is 4.11. The second-order valence-electron chi connectivity index (χ2n) is 5.70. The van der Waals surface area contributed by atoms with Gasteiger partial charge < -0.3 is 15.4 Å². The second-order valence-corrected chi connectivity index (χ2v) is 5.70. The van der Waals surface area contributed by atoms with E-state index < -0.39 is 0 Å². The average Bonchev–Trinajstić information content (AvgIpc) is 3.13. The van der Waals surface area contributed by atoms with Crippen LogP contribution in [0.4, 0.5) is 5.69 Å². The average molecular weight is 311 g/mol. The first-order valence-corrected chi connectivity index (χ1v) is 7.60. The number of carbonyl (C=O) groups is 1. The Morgan fingerprint density at radius 3 is 2.67 bits per heavy atom. The van der Waals surface area contributed by atoms with Crippen molar-refractivity contribution in [3.8, 4) is 5.75 Å². The molecule has 0 aromatic heterocycles. The molecule has 0 bridgehead atoms. The van der Waals surface area contributed by atoms with Gasteiger partial charge in [-0.15, -0.1) is 12.4 Å². The van der Waals surface area contributed by atoms with Gasteiger partial charge in [-0.1, -0.05) is 12.1 Å². The Kier molecular flexibility index (Phi) is 5.88. The van der Waals surface area contributed by atoms with Gasteiger partial charge in [-0.3, -0.25) is 4.79 Å². The molecule has 2 aliphatic rings. The van der Waals surface area contributed by atoms with Crippen LogP contribution in [0.15, 0.2) is 24.3 Å². The molecule has 116 valence electrons. The van der Waals surface area contributed by atoms with E-state index in [0.717, 1.165) is 43.8 Å². The molecule has 2 fully saturated rings. The number of rotatable bonds is 4. The van der Waals surface area contributed by atoms with Gasteiger partial charge in [0.05, 0.1) is 17.7 Å². The molecule has 1 amide bonds. The Balaban J connectivity index is 0.00000161. The van der Waals surface area contributed by atoms with Crippen LogP contribution in [0.5, 0.6) is 5.75 Å². The van der Waals surface area contributed by atoms with Crippen molar-refractivity contribution in [1.82, 2.24) is 5.32 Å². The molecule has 0 radical (unpaired) electrons. The predicted octanol–water partition coefficient (Wildman–Crippen LogP) is 2.98. The van der Waals surface area contributed by atoms with Crippen molar-refractivity contribution in [2.24, 2.45) is 5.92 Å². The van der Waals surface area contributed by atoms with Crippen molar-refractivity contribution >= 4 is 24.0 Å². The summed E-state index contributed by atoms with van der Waals surface area (Å²) < 4.78 is 6.04. The summed E-state index contributed by atoms with van der Waals surface area (Å²) in [7, 11) is 0. The van der Waals surface area contributed by atoms with Crippen molar-refractivity contribution in [3.05, 3.63) is 24.3 Å². The van der Waals surface area contributed by atoms with Crippen LogP contribution in [0.25, 0.3) is 0 Å². The normalized spacial score (nSPS) is 21.8. The van der Waals surface area contributed by atoms with Gasteiger partial charge in [-0.25, -0.2) is 0 Å². The minimum Gasteiger partial charge on any atom is -0.488 e. The summed E-state index contributed by atoms with van der Waals surface area (Å²) in [6.45, 7) is 1.70. The number of benzene rings is 1. The van der Waals surface area contributed by atoms with E-state index in [1.807, 2.05) is 24.3 Å². The number of anilines is 1. The van der Waals surface area contributed by atoms with E-state index in [1.54, 1.807) is 0 Å². The minimum absolute atomic E-state index is 0. The summed E-state index contributed by atoms with van der Waals surface area (Å²) in [5.41, 5.74) is 0.802. The molecular weight excluding hydrogens is 288 g/mol. The summed E-state index contributed by atoms with van der Waals surface area (Å²) in [6.07, 6.45) is 5.95. The molecule has 0 spiro atoms. The molecule has 21 heavy (non-hydrogen) atoms. The van der Waals surface area contributed by atoms with Gasteiger partial charge >= 0.3 is 0 Å². The number of amides is 1. The zero-order valence-corrected chi connectivity index (χ0v) is 13.0. The lowest BCUT2D eigenvalue weighted by molar-refractivity contribution is -0.119. The van der Waals surface area contributed by atoms with Crippen LogP contribution in [0, 0.1) is 5.92 Å². The Morgan fingerprint density at radius 1 is 1.19 bits per heavy atom. The van der Waals surface area contributed by atoms with Crippen molar-refractivity contribution in [2.75, 3.05) is 18.4 Å². The summed E-state index contributed by atoms with van der Waals surface area (Å²) in [5.74, 6) is 0.978. The van der Waals surface area contributed by atoms with Crippen LogP contribution >= 0.6 is 12.4 Å². The fourth-order valence-electron chi connectivity index (χ4n) is 2.97. The van der Waals surface area contributed by atoms with Gasteiger partial charge in [-0.2, -0.15) is 0 Å². The molecule has 1 aromatic rings. The van der Waals surface area contributed by atoms with Crippen molar-refractivity contribution < 1.29 is 9.53 Å². The first-order chi connectivity index (χ1) is 9.83. The van der Waals surface area contributed by atoms with Crippen LogP contribution < -0.4 is 15.4 Å². The van der Waals surface area contributed by atoms with Gasteiger partial charge in [0.1, 0.15) is 5.75 Å². The number of halogens is 1. The highest BCUT2D eigenvalue weighted by molar-refractivity contribution is 5.94. The highest BCUT2D eigenvalue weighted by Gasteiger charge is 2.24. The standard InChI is InChI=1S/C16H22N2O2.ClH/c19-16(12-9-10-17-11-12)18-14-7-3-4-8-15(14)20-13-5-1-2-6-13;/h3-4,7-8,12-13,17H,1-2,5-6,9-11H2,(H,18,19);1H. The van der Waals surface area contributed by atoms with E-state index in [1.165, 1.54) is 12.8 Å². The maximum absolute atomic E-state index is 12.2. The van der Waals surface area contributed by atoms with E-state index in [-0.39, 0.29) is 24.2 Å². The van der Waals surface area contributed by atoms with Crippen LogP contribution in [0.1, 0.15) is 32.1 Å². The predicted molar refractivity (Wildman–Crippen MR) is 86.2 cm³/mol. The van der Waals surface area contributed by atoms with Gasteiger partial charge in [-0.05, 0) is 50.8 Å². The molecule has 1 saturated heterocycles. The number of carbonyl (C=O) groups excluding carboxylic acids is 1. The molecule has 1 atom stereocenters. The molecule has 2 N–H and O–H groups in total. The van der Waals surface area contributed by atoms with E-state index in [0.29, 0.717) is 6.10 Å². The number of nitrogens with one attached hydrogen (secondary N) is 2. The fraction of sp³-hybridized carbons (Fsp3) is 0.562. The lowest BCUT2D eigenvalue weighted by Crippen LogP contribution is -2.25. The summed E-state index contributed by atoms with van der Waals surface area (Å²) in [6, 6.07) is 7.76. The number of ether oxygens (including phenoxy) is 1. The molecule has 4 nitrogen and oxygen atoms in total. The van der Waals surface area contributed by atoms with Crippen molar-refractivity contribution in [3.63, 3.8) is 0 Å². The largest absolute Gasteiger partial charge is 0.488 e. The molecule has 1 aliphatic carbocycles. The lowest BCUT2D eigenvalue weighted by atomic mass is 10.1. The monoisotopic (exact) mass is 310 g/mol. The van der Waals surface area contributed by atoms with Crippen molar-refractivity contribution in [1.29, 1.82) is 0 Å².